The maximum Gasteiger partial charge on any atom is 0.173 e. The molecule has 1 aromatic heterocycles. The summed E-state index contributed by atoms with van der Waals surface area (Å²) < 4.78 is 0. The Kier molecular flexibility index (Phi) is 5.15. The molecule has 0 aliphatic heterocycles. The van der Waals surface area contributed by atoms with Crippen LogP contribution in [0.15, 0.2) is 17.4 Å². The zero-order valence-electron chi connectivity index (χ0n) is 9.74. The zero-order chi connectivity index (χ0) is 12.7. The smallest absolute Gasteiger partial charge is 0.173 e. The fourth-order valence-corrected chi connectivity index (χ4v) is 1.49. The summed E-state index contributed by atoms with van der Waals surface area (Å²) >= 11 is 0. The zero-order valence-corrected chi connectivity index (χ0v) is 9.74. The first-order valence-corrected chi connectivity index (χ1v) is 5.40. The highest BCUT2D eigenvalue weighted by molar-refractivity contribution is 6.01. The first-order valence-electron chi connectivity index (χ1n) is 5.40. The topological polar surface area (TPSA) is 108 Å². The van der Waals surface area contributed by atoms with Gasteiger partial charge in [0.25, 0.3) is 0 Å². The first-order chi connectivity index (χ1) is 8.24. The van der Waals surface area contributed by atoms with Gasteiger partial charge in [-0.05, 0) is 19.4 Å². The molecule has 0 spiro atoms. The molecule has 0 saturated carbocycles. The van der Waals surface area contributed by atoms with Crippen LogP contribution in [-0.2, 0) is 0 Å². The van der Waals surface area contributed by atoms with Gasteiger partial charge < -0.3 is 20.9 Å². The number of hydrogen-bond acceptors (Lipinski definition) is 6. The van der Waals surface area contributed by atoms with Gasteiger partial charge in [0.1, 0.15) is 0 Å². The molecule has 0 amide bonds. The van der Waals surface area contributed by atoms with Crippen molar-refractivity contribution in [3.05, 3.63) is 17.8 Å². The van der Waals surface area contributed by atoms with Crippen LogP contribution in [0.3, 0.4) is 0 Å². The van der Waals surface area contributed by atoms with E-state index in [-0.39, 0.29) is 12.4 Å². The van der Waals surface area contributed by atoms with Crippen molar-refractivity contribution in [3.8, 4) is 0 Å². The van der Waals surface area contributed by atoms with E-state index < -0.39 is 0 Å². The van der Waals surface area contributed by atoms with Crippen LogP contribution < -0.4 is 10.6 Å². The molecule has 4 N–H and O–H groups in total. The molecule has 7 nitrogen and oxygen atoms in total. The molecule has 0 aliphatic rings. The highest BCUT2D eigenvalue weighted by Crippen LogP contribution is 2.15. The summed E-state index contributed by atoms with van der Waals surface area (Å²) in [6.07, 6.45) is 2.11. The van der Waals surface area contributed by atoms with E-state index in [9.17, 15) is 0 Å². The Morgan fingerprint density at radius 1 is 1.59 bits per heavy atom. The van der Waals surface area contributed by atoms with Crippen LogP contribution in [-0.4, -0.2) is 46.0 Å². The van der Waals surface area contributed by atoms with Crippen molar-refractivity contribution in [2.24, 2.45) is 10.9 Å². The van der Waals surface area contributed by atoms with Gasteiger partial charge in [0, 0.05) is 19.7 Å². The second-order valence-corrected chi connectivity index (χ2v) is 3.41. The molecule has 1 rings (SSSR count). The van der Waals surface area contributed by atoms with Crippen LogP contribution in [0, 0.1) is 0 Å². The second kappa shape index (κ2) is 6.64. The van der Waals surface area contributed by atoms with Gasteiger partial charge in [0.05, 0.1) is 11.8 Å². The lowest BCUT2D eigenvalue weighted by atomic mass is 10.2. The number of aliphatic hydroxyl groups is 1. The molecular weight excluding hydrogens is 222 g/mol. The van der Waals surface area contributed by atoms with Crippen molar-refractivity contribution in [1.29, 1.82) is 0 Å². The molecule has 0 bridgehead atoms. The fourth-order valence-electron chi connectivity index (χ4n) is 1.49. The minimum atomic E-state index is -0.00246. The monoisotopic (exact) mass is 239 g/mol. The van der Waals surface area contributed by atoms with Crippen molar-refractivity contribution < 1.29 is 10.3 Å². The fraction of sp³-hybridized carbons (Fsp3) is 0.500. The summed E-state index contributed by atoms with van der Waals surface area (Å²) in [6.45, 7) is 3.40. The highest BCUT2D eigenvalue weighted by atomic mass is 16.4. The molecule has 17 heavy (non-hydrogen) atoms. The third-order valence-corrected chi connectivity index (χ3v) is 2.35. The van der Waals surface area contributed by atoms with Gasteiger partial charge in [0.15, 0.2) is 11.7 Å². The van der Waals surface area contributed by atoms with Crippen molar-refractivity contribution in [1.82, 2.24) is 10.2 Å². The molecule has 0 radical (unpaired) electrons. The van der Waals surface area contributed by atoms with Crippen LogP contribution in [0.25, 0.3) is 0 Å². The van der Waals surface area contributed by atoms with Crippen LogP contribution in [0.1, 0.15) is 18.9 Å². The maximum atomic E-state index is 8.83. The predicted molar refractivity (Wildman–Crippen MR) is 64.1 cm³/mol. The molecular formula is C10H17N5O2. The van der Waals surface area contributed by atoms with Crippen molar-refractivity contribution >= 4 is 11.7 Å². The molecule has 0 saturated heterocycles. The SMILES string of the molecule is CCN(CCCO)c1nnccc1/C(N)=N/O. The molecule has 0 atom stereocenters. The standard InChI is InChI=1S/C10H17N5O2/c1-2-15(6-3-7-16)10-8(9(11)14-17)4-5-12-13-10/h4-5,16-17H,2-3,6-7H2,1H3,(H2,11,14). The van der Waals surface area contributed by atoms with E-state index in [0.717, 1.165) is 0 Å². The number of aliphatic hydroxyl groups excluding tert-OH is 1. The summed E-state index contributed by atoms with van der Waals surface area (Å²) in [6, 6.07) is 1.64. The average Bonchev–Trinajstić information content (AvgIpc) is 2.39. The van der Waals surface area contributed by atoms with E-state index in [1.165, 1.54) is 6.20 Å². The summed E-state index contributed by atoms with van der Waals surface area (Å²) in [4.78, 5) is 1.91. The molecule has 0 fully saturated rings. The number of aromatic nitrogens is 2. The van der Waals surface area contributed by atoms with Crippen LogP contribution >= 0.6 is 0 Å². The molecule has 7 heteroatoms. The van der Waals surface area contributed by atoms with E-state index in [1.54, 1.807) is 6.07 Å². The van der Waals surface area contributed by atoms with Gasteiger partial charge in [-0.15, -0.1) is 5.10 Å². The summed E-state index contributed by atoms with van der Waals surface area (Å²) in [5.41, 5.74) is 6.10. The Labute approximate surface area is 99.6 Å². The van der Waals surface area contributed by atoms with E-state index in [1.807, 2.05) is 11.8 Å². The summed E-state index contributed by atoms with van der Waals surface area (Å²) in [5.74, 6) is 0.552. The van der Waals surface area contributed by atoms with Gasteiger partial charge >= 0.3 is 0 Å². The van der Waals surface area contributed by atoms with E-state index in [0.29, 0.717) is 30.9 Å². The van der Waals surface area contributed by atoms with E-state index in [4.69, 9.17) is 16.0 Å². The van der Waals surface area contributed by atoms with E-state index >= 15 is 0 Å². The lowest BCUT2D eigenvalue weighted by Gasteiger charge is -2.22. The minimum Gasteiger partial charge on any atom is -0.409 e. The molecule has 1 heterocycles. The van der Waals surface area contributed by atoms with E-state index in [2.05, 4.69) is 15.4 Å². The number of rotatable bonds is 6. The number of nitrogens with zero attached hydrogens (tertiary/aromatic N) is 4. The number of oxime groups is 1. The van der Waals surface area contributed by atoms with Crippen LogP contribution in [0.5, 0.6) is 0 Å². The Morgan fingerprint density at radius 3 is 2.94 bits per heavy atom. The maximum absolute atomic E-state index is 8.83. The number of nitrogens with two attached hydrogens (primary N) is 1. The number of hydrogen-bond donors (Lipinski definition) is 3. The number of amidine groups is 1. The Hall–Kier alpha value is -1.89. The minimum absolute atomic E-state index is 0.00246. The second-order valence-electron chi connectivity index (χ2n) is 3.41. The normalized spacial score (nSPS) is 11.5. The summed E-state index contributed by atoms with van der Waals surface area (Å²) in [5, 5.41) is 28.3. The van der Waals surface area contributed by atoms with Crippen molar-refractivity contribution in [2.45, 2.75) is 13.3 Å². The number of anilines is 1. The van der Waals surface area contributed by atoms with Gasteiger partial charge in [-0.2, -0.15) is 5.10 Å². The average molecular weight is 239 g/mol. The van der Waals surface area contributed by atoms with Gasteiger partial charge in [-0.25, -0.2) is 0 Å². The van der Waals surface area contributed by atoms with Crippen LogP contribution in [0.2, 0.25) is 0 Å². The van der Waals surface area contributed by atoms with Crippen molar-refractivity contribution in [3.63, 3.8) is 0 Å². The Morgan fingerprint density at radius 2 is 2.35 bits per heavy atom. The Bertz CT molecular complexity index is 383. The van der Waals surface area contributed by atoms with Crippen molar-refractivity contribution in [2.75, 3.05) is 24.6 Å². The Balaban J connectivity index is 3.01. The molecule has 94 valence electrons. The quantitative estimate of drug-likeness (QED) is 0.274. The third-order valence-electron chi connectivity index (χ3n) is 2.35. The van der Waals surface area contributed by atoms with Gasteiger partial charge in [0.2, 0.25) is 0 Å². The predicted octanol–water partition coefficient (Wildman–Crippen LogP) is -0.220. The summed E-state index contributed by atoms with van der Waals surface area (Å²) in [7, 11) is 0. The lowest BCUT2D eigenvalue weighted by molar-refractivity contribution is 0.289. The van der Waals surface area contributed by atoms with Gasteiger partial charge in [-0.3, -0.25) is 0 Å². The van der Waals surface area contributed by atoms with Gasteiger partial charge in [-0.1, -0.05) is 5.16 Å². The molecule has 0 aliphatic carbocycles. The molecule has 0 aromatic carbocycles. The largest absolute Gasteiger partial charge is 0.409 e. The molecule has 0 unspecified atom stereocenters. The lowest BCUT2D eigenvalue weighted by Crippen LogP contribution is -2.29. The highest BCUT2D eigenvalue weighted by Gasteiger charge is 2.14. The van der Waals surface area contributed by atoms with Crippen LogP contribution in [0.4, 0.5) is 5.82 Å². The third kappa shape index (κ3) is 3.28. The molecule has 1 aromatic rings. The first kappa shape index (κ1) is 13.2.